The van der Waals surface area contributed by atoms with Crippen LogP contribution in [0, 0.1) is 0 Å². The van der Waals surface area contributed by atoms with Gasteiger partial charge in [-0.05, 0) is 23.8 Å². The molecule has 0 spiro atoms. The van der Waals surface area contributed by atoms with Crippen LogP contribution in [-0.4, -0.2) is 17.0 Å². The van der Waals surface area contributed by atoms with E-state index in [-0.39, 0.29) is 0 Å². The minimum absolute atomic E-state index is 0.313. The number of carboxylic acids is 1. The average Bonchev–Trinajstić information content (AvgIpc) is 3.15. The summed E-state index contributed by atoms with van der Waals surface area (Å²) in [6.07, 6.45) is 2.19. The molecule has 0 bridgehead atoms. The summed E-state index contributed by atoms with van der Waals surface area (Å²) in [6, 6.07) is 22.8. The lowest BCUT2D eigenvalue weighted by Gasteiger charge is -2.22. The maximum Gasteiger partial charge on any atom is 0.213 e. The van der Waals surface area contributed by atoms with Crippen LogP contribution in [0.15, 0.2) is 79.0 Å². The lowest BCUT2D eigenvalue weighted by Crippen LogP contribution is -2.42. The van der Waals surface area contributed by atoms with E-state index in [1.807, 2.05) is 79.0 Å². The number of aromatic amines is 2. The number of hydrogen-bond acceptors (Lipinski definition) is 3. The summed E-state index contributed by atoms with van der Waals surface area (Å²) >= 11 is 0. The van der Waals surface area contributed by atoms with E-state index in [9.17, 15) is 9.90 Å². The van der Waals surface area contributed by atoms with Gasteiger partial charge in [-0.2, -0.15) is 0 Å². The fourth-order valence-corrected chi connectivity index (χ4v) is 3.95. The normalized spacial score (nSPS) is 12.4. The number of hydrogen-bond donors (Lipinski definition) is 2. The van der Waals surface area contributed by atoms with E-state index in [0.717, 1.165) is 44.0 Å². The Bertz CT molecular complexity index is 1300. The summed E-state index contributed by atoms with van der Waals surface area (Å²) in [5, 5.41) is 18.2. The van der Waals surface area contributed by atoms with E-state index < -0.39 is 12.0 Å². The number of aromatic nitrogens is 2. The van der Waals surface area contributed by atoms with E-state index in [4.69, 9.17) is 0 Å². The Kier molecular flexibility index (Phi) is 4.13. The highest BCUT2D eigenvalue weighted by Crippen LogP contribution is 2.30. The van der Waals surface area contributed by atoms with Gasteiger partial charge < -0.3 is 20.2 Å². The summed E-state index contributed by atoms with van der Waals surface area (Å²) in [5.41, 5.74) is 4.61. The van der Waals surface area contributed by atoms with E-state index in [2.05, 4.69) is 15.3 Å². The first kappa shape index (κ1) is 17.3. The van der Waals surface area contributed by atoms with E-state index in [0.29, 0.717) is 6.42 Å². The average molecular weight is 381 g/mol. The zero-order valence-corrected chi connectivity index (χ0v) is 15.6. The number of anilines is 1. The van der Waals surface area contributed by atoms with Crippen LogP contribution in [0.3, 0.4) is 0 Å². The van der Waals surface area contributed by atoms with Crippen LogP contribution in [0.5, 0.6) is 0 Å². The number of carbonyl (C=O) groups excluding carboxylic acids is 1. The number of H-pyrrole nitrogens is 2. The number of para-hydroxylation sites is 3. The standard InChI is InChI=1S/C24H19N3O2/c28-24(29)22(13-15-14-25-19-10-4-1-7-16(15)19)27-23-17-8-2-5-11-20(17)26-21-12-6-3-9-18(21)23/h1-12,14,22,25H,13H2,(H,26,27)(H,28,29)/t22-/m0/s1. The van der Waals surface area contributed by atoms with Crippen molar-refractivity contribution in [2.75, 3.05) is 5.32 Å². The highest BCUT2D eigenvalue weighted by molar-refractivity contribution is 6.05. The molecule has 5 aromatic rings. The minimum atomic E-state index is -1.13. The van der Waals surface area contributed by atoms with Crippen molar-refractivity contribution in [3.05, 3.63) is 84.6 Å². The first-order chi connectivity index (χ1) is 14.2. The van der Waals surface area contributed by atoms with E-state index in [1.54, 1.807) is 0 Å². The number of carbonyl (C=O) groups is 1. The SMILES string of the molecule is O=C([O-])[C@H](Cc1c[nH]c2ccccc12)Nc1c2ccccc2[nH+]c2ccccc12. The van der Waals surface area contributed by atoms with Crippen LogP contribution in [-0.2, 0) is 11.2 Å². The van der Waals surface area contributed by atoms with Gasteiger partial charge in [-0.1, -0.05) is 42.5 Å². The van der Waals surface area contributed by atoms with Crippen LogP contribution in [0.1, 0.15) is 5.56 Å². The first-order valence-corrected chi connectivity index (χ1v) is 9.56. The molecule has 5 nitrogen and oxygen atoms in total. The van der Waals surface area contributed by atoms with Crippen LogP contribution < -0.4 is 15.4 Å². The lowest BCUT2D eigenvalue weighted by atomic mass is 10.0. The summed E-state index contributed by atoms with van der Waals surface area (Å²) in [7, 11) is 0. The molecule has 0 fully saturated rings. The minimum Gasteiger partial charge on any atom is -0.548 e. The second kappa shape index (κ2) is 6.95. The molecular weight excluding hydrogens is 362 g/mol. The third kappa shape index (κ3) is 3.06. The number of fused-ring (bicyclic) bond motifs is 3. The van der Waals surface area contributed by atoms with Gasteiger partial charge in [0.25, 0.3) is 0 Å². The number of nitrogens with one attached hydrogen (secondary N) is 3. The molecule has 2 heterocycles. The first-order valence-electron chi connectivity index (χ1n) is 9.56. The van der Waals surface area contributed by atoms with Gasteiger partial charge in [0.15, 0.2) is 0 Å². The molecule has 0 saturated heterocycles. The molecular formula is C24H19N3O2. The van der Waals surface area contributed by atoms with Crippen LogP contribution >= 0.6 is 0 Å². The Morgan fingerprint density at radius 1 is 0.897 bits per heavy atom. The van der Waals surface area contributed by atoms with Crippen molar-refractivity contribution in [3.8, 4) is 0 Å². The van der Waals surface area contributed by atoms with Crippen molar-refractivity contribution >= 4 is 44.4 Å². The summed E-state index contributed by atoms with van der Waals surface area (Å²) in [6.45, 7) is 0. The third-order valence-corrected chi connectivity index (χ3v) is 5.36. The molecule has 0 saturated carbocycles. The molecule has 5 rings (SSSR count). The van der Waals surface area contributed by atoms with Crippen molar-refractivity contribution in [2.24, 2.45) is 0 Å². The fraction of sp³-hybridized carbons (Fsp3) is 0.0833. The maximum absolute atomic E-state index is 12.0. The molecule has 0 amide bonds. The summed E-state index contributed by atoms with van der Waals surface area (Å²) < 4.78 is 0. The van der Waals surface area contributed by atoms with Gasteiger partial charge in [-0.3, -0.25) is 0 Å². The van der Waals surface area contributed by atoms with Gasteiger partial charge in [-0.25, -0.2) is 4.98 Å². The zero-order valence-electron chi connectivity index (χ0n) is 15.6. The number of benzene rings is 3. The Morgan fingerprint density at radius 3 is 2.14 bits per heavy atom. The van der Waals surface area contributed by atoms with Gasteiger partial charge in [0.1, 0.15) is 0 Å². The number of rotatable bonds is 5. The largest absolute Gasteiger partial charge is 0.548 e. The zero-order chi connectivity index (χ0) is 19.8. The molecule has 3 N–H and O–H groups in total. The van der Waals surface area contributed by atoms with Crippen LogP contribution in [0.4, 0.5) is 5.69 Å². The molecule has 2 aromatic heterocycles. The second-order valence-corrected chi connectivity index (χ2v) is 7.17. The molecule has 29 heavy (non-hydrogen) atoms. The van der Waals surface area contributed by atoms with Crippen molar-refractivity contribution in [1.82, 2.24) is 4.98 Å². The molecule has 142 valence electrons. The summed E-state index contributed by atoms with van der Waals surface area (Å²) in [5.74, 6) is -1.13. The maximum atomic E-state index is 12.0. The van der Waals surface area contributed by atoms with Gasteiger partial charge >= 0.3 is 0 Å². The smallest absolute Gasteiger partial charge is 0.213 e. The molecule has 0 radical (unpaired) electrons. The highest BCUT2D eigenvalue weighted by atomic mass is 16.4. The highest BCUT2D eigenvalue weighted by Gasteiger charge is 2.19. The third-order valence-electron chi connectivity index (χ3n) is 5.36. The van der Waals surface area contributed by atoms with Crippen molar-refractivity contribution < 1.29 is 14.9 Å². The molecule has 1 atom stereocenters. The number of aliphatic carboxylic acids is 1. The summed E-state index contributed by atoms with van der Waals surface area (Å²) in [4.78, 5) is 18.7. The Hall–Kier alpha value is -3.86. The Morgan fingerprint density at radius 2 is 1.48 bits per heavy atom. The van der Waals surface area contributed by atoms with Gasteiger partial charge in [0, 0.05) is 35.7 Å². The van der Waals surface area contributed by atoms with Gasteiger partial charge in [0.2, 0.25) is 11.0 Å². The topological polar surface area (TPSA) is 82.1 Å². The molecule has 3 aromatic carbocycles. The number of pyridine rings is 1. The van der Waals surface area contributed by atoms with E-state index in [1.165, 1.54) is 0 Å². The van der Waals surface area contributed by atoms with Gasteiger partial charge in [0.05, 0.1) is 28.5 Å². The second-order valence-electron chi connectivity index (χ2n) is 7.17. The fourth-order valence-electron chi connectivity index (χ4n) is 3.95. The molecule has 0 aliphatic rings. The van der Waals surface area contributed by atoms with E-state index >= 15 is 0 Å². The van der Waals surface area contributed by atoms with Crippen molar-refractivity contribution in [1.29, 1.82) is 0 Å². The molecule has 5 heteroatoms. The molecule has 0 aliphatic carbocycles. The molecule has 0 aliphatic heterocycles. The van der Waals surface area contributed by atoms with Crippen molar-refractivity contribution in [3.63, 3.8) is 0 Å². The quantitative estimate of drug-likeness (QED) is 0.459. The monoisotopic (exact) mass is 381 g/mol. The van der Waals surface area contributed by atoms with Crippen LogP contribution in [0.25, 0.3) is 32.7 Å². The predicted octanol–water partition coefficient (Wildman–Crippen LogP) is 3.06. The Balaban J connectivity index is 1.60. The molecule has 0 unspecified atom stereocenters. The Labute approximate surface area is 167 Å². The van der Waals surface area contributed by atoms with Crippen molar-refractivity contribution in [2.45, 2.75) is 12.5 Å². The van der Waals surface area contributed by atoms with Crippen LogP contribution in [0.2, 0.25) is 0 Å². The number of carboxylic acid groups (broad SMARTS) is 1. The predicted molar refractivity (Wildman–Crippen MR) is 112 cm³/mol. The lowest BCUT2D eigenvalue weighted by molar-refractivity contribution is -0.310. The van der Waals surface area contributed by atoms with Gasteiger partial charge in [-0.15, -0.1) is 0 Å².